The molecule has 2 amide bonds. The summed E-state index contributed by atoms with van der Waals surface area (Å²) in [6, 6.07) is 23.9. The number of nitrogens with zero attached hydrogens (tertiary/aromatic N) is 5. The molecule has 3 aromatic carbocycles. The quantitative estimate of drug-likeness (QED) is 0.261. The normalized spacial score (nSPS) is 17.3. The van der Waals surface area contributed by atoms with Gasteiger partial charge in [-0.3, -0.25) is 14.6 Å². The molecule has 0 radical (unpaired) electrons. The van der Waals surface area contributed by atoms with Crippen LogP contribution in [0.5, 0.6) is 11.5 Å². The smallest absolute Gasteiger partial charge is 0.291 e. The molecule has 1 aromatic heterocycles. The number of aromatic nitrogens is 1. The van der Waals surface area contributed by atoms with Crippen LogP contribution in [0.25, 0.3) is 10.9 Å². The molecule has 0 saturated carbocycles. The molecule has 2 unspecified atom stereocenters. The van der Waals surface area contributed by atoms with E-state index < -0.39 is 18.1 Å². The first-order valence-electron chi connectivity index (χ1n) is 13.9. The number of carbonyl (C=O) groups is 2. The monoisotopic (exact) mass is 572 g/mol. The minimum absolute atomic E-state index is 0.0347. The number of hydrogen-bond acceptors (Lipinski definition) is 8. The second-order valence-electron chi connectivity index (χ2n) is 10.0. The molecule has 0 spiro atoms. The number of benzene rings is 3. The summed E-state index contributed by atoms with van der Waals surface area (Å²) < 4.78 is 11.7. The van der Waals surface area contributed by atoms with E-state index in [-0.39, 0.29) is 18.3 Å². The number of rotatable bonds is 7. The molecule has 2 aliphatic heterocycles. The molecule has 1 N–H and O–H groups in total. The Kier molecular flexibility index (Phi) is 8.04. The van der Waals surface area contributed by atoms with Crippen molar-refractivity contribution in [3.8, 4) is 23.3 Å². The van der Waals surface area contributed by atoms with Crippen molar-refractivity contribution in [3.05, 3.63) is 96.2 Å². The van der Waals surface area contributed by atoms with Gasteiger partial charge in [-0.05, 0) is 48.0 Å². The van der Waals surface area contributed by atoms with Crippen molar-refractivity contribution in [2.75, 3.05) is 25.2 Å². The number of aliphatic imine (C=N–C) groups is 1. The third kappa shape index (κ3) is 6.52. The molecule has 0 aliphatic carbocycles. The molecular weight excluding hydrogens is 544 g/mol. The van der Waals surface area contributed by atoms with Gasteiger partial charge in [0.1, 0.15) is 24.1 Å². The summed E-state index contributed by atoms with van der Waals surface area (Å²) in [7, 11) is 1.64. The van der Waals surface area contributed by atoms with Crippen LogP contribution in [0.1, 0.15) is 17.5 Å². The Hall–Kier alpha value is -5.56. The Bertz CT molecular complexity index is 1790. The van der Waals surface area contributed by atoms with Crippen LogP contribution >= 0.6 is 0 Å². The van der Waals surface area contributed by atoms with Crippen LogP contribution in [0.4, 0.5) is 5.69 Å². The maximum Gasteiger partial charge on any atom is 0.291 e. The van der Waals surface area contributed by atoms with Gasteiger partial charge in [0.05, 0.1) is 17.8 Å². The first kappa shape index (κ1) is 27.6. The van der Waals surface area contributed by atoms with E-state index in [1.54, 1.807) is 25.4 Å². The molecule has 0 bridgehead atoms. The molecule has 4 aromatic rings. The summed E-state index contributed by atoms with van der Waals surface area (Å²) in [5, 5.41) is 11.8. The van der Waals surface area contributed by atoms with Crippen molar-refractivity contribution in [2.24, 2.45) is 15.2 Å². The van der Waals surface area contributed by atoms with E-state index in [1.165, 1.54) is 4.90 Å². The van der Waals surface area contributed by atoms with Gasteiger partial charge in [-0.25, -0.2) is 4.99 Å². The van der Waals surface area contributed by atoms with Crippen LogP contribution < -0.4 is 19.7 Å². The Balaban J connectivity index is 1.04. The summed E-state index contributed by atoms with van der Waals surface area (Å²) in [6.07, 6.45) is 2.35. The van der Waals surface area contributed by atoms with Crippen molar-refractivity contribution in [2.45, 2.75) is 25.0 Å². The topological polar surface area (TPSA) is 118 Å². The molecule has 0 fully saturated rings. The van der Waals surface area contributed by atoms with E-state index in [0.717, 1.165) is 27.8 Å². The SMILES string of the molecule is CN1C(=O)C(NC(=O)C2=NC(Cc3ccccc3)N=N2)COc2ccc(C#CCCOc3ccc4ncccc4c3)cc21. The predicted octanol–water partition coefficient (Wildman–Crippen LogP) is 4.33. The Labute approximate surface area is 248 Å². The minimum atomic E-state index is -0.923. The molecular formula is C33H28N6O4. The second kappa shape index (κ2) is 12.5. The van der Waals surface area contributed by atoms with Crippen LogP contribution in [0, 0.1) is 11.8 Å². The summed E-state index contributed by atoms with van der Waals surface area (Å²) in [6.45, 7) is 0.400. The van der Waals surface area contributed by atoms with E-state index in [1.807, 2.05) is 66.7 Å². The predicted molar refractivity (Wildman–Crippen MR) is 162 cm³/mol. The summed E-state index contributed by atoms with van der Waals surface area (Å²) in [5.41, 5.74) is 3.25. The van der Waals surface area contributed by atoms with Crippen LogP contribution in [-0.2, 0) is 16.0 Å². The van der Waals surface area contributed by atoms with Crippen LogP contribution in [0.2, 0.25) is 0 Å². The summed E-state index contributed by atoms with van der Waals surface area (Å²) in [4.78, 5) is 36.2. The number of hydrogen-bond donors (Lipinski definition) is 1. The zero-order chi connectivity index (χ0) is 29.6. The molecule has 2 atom stereocenters. The lowest BCUT2D eigenvalue weighted by Crippen LogP contribution is -2.50. The van der Waals surface area contributed by atoms with Crippen molar-refractivity contribution in [1.82, 2.24) is 10.3 Å². The van der Waals surface area contributed by atoms with Gasteiger partial charge in [-0.1, -0.05) is 48.2 Å². The lowest BCUT2D eigenvalue weighted by molar-refractivity contribution is -0.124. The second-order valence-corrected chi connectivity index (χ2v) is 10.0. The fourth-order valence-electron chi connectivity index (χ4n) is 4.76. The fourth-order valence-corrected chi connectivity index (χ4v) is 4.76. The molecule has 2 aliphatic rings. The van der Waals surface area contributed by atoms with Crippen molar-refractivity contribution < 1.29 is 19.1 Å². The highest BCUT2D eigenvalue weighted by Crippen LogP contribution is 2.31. The number of azo groups is 1. The number of pyridine rings is 1. The Morgan fingerprint density at radius 3 is 2.86 bits per heavy atom. The van der Waals surface area contributed by atoms with Crippen molar-refractivity contribution in [1.29, 1.82) is 0 Å². The standard InChI is InChI=1S/C33H28N6O4/c1-39-28-18-23(10-5-6-17-42-25-13-14-26-24(20-25)11-7-16-34-26)12-15-29(28)43-21-27(33(39)41)35-32(40)31-36-30(37-38-31)19-22-8-3-2-4-9-22/h2-4,7-9,11-16,18,20,27,30H,6,17,19,21H2,1H3,(H,35,40). The average molecular weight is 573 g/mol. The van der Waals surface area contributed by atoms with Gasteiger partial charge in [-0.15, -0.1) is 5.11 Å². The van der Waals surface area contributed by atoms with E-state index in [2.05, 4.69) is 37.4 Å². The van der Waals surface area contributed by atoms with Gasteiger partial charge in [0.2, 0.25) is 5.84 Å². The molecule has 10 nitrogen and oxygen atoms in total. The van der Waals surface area contributed by atoms with Crippen LogP contribution in [0.3, 0.4) is 0 Å². The van der Waals surface area contributed by atoms with Crippen molar-refractivity contribution >= 4 is 34.2 Å². The maximum atomic E-state index is 13.3. The van der Waals surface area contributed by atoms with Gasteiger partial charge in [0.15, 0.2) is 6.17 Å². The third-order valence-corrected chi connectivity index (χ3v) is 6.98. The molecule has 214 valence electrons. The van der Waals surface area contributed by atoms with Crippen LogP contribution in [0.15, 0.2) is 100 Å². The highest BCUT2D eigenvalue weighted by atomic mass is 16.5. The maximum absolute atomic E-state index is 13.3. The number of fused-ring (bicyclic) bond motifs is 2. The number of carbonyl (C=O) groups excluding carboxylic acids is 2. The van der Waals surface area contributed by atoms with E-state index >= 15 is 0 Å². The number of anilines is 1. The van der Waals surface area contributed by atoms with Gasteiger partial charge in [-0.2, -0.15) is 5.11 Å². The summed E-state index contributed by atoms with van der Waals surface area (Å²) in [5.74, 6) is 6.58. The van der Waals surface area contributed by atoms with E-state index in [9.17, 15) is 9.59 Å². The first-order chi connectivity index (χ1) is 21.0. The largest absolute Gasteiger partial charge is 0.493 e. The number of nitrogens with one attached hydrogen (secondary N) is 1. The highest BCUT2D eigenvalue weighted by molar-refractivity contribution is 6.38. The molecule has 10 heteroatoms. The zero-order valence-electron chi connectivity index (χ0n) is 23.4. The van der Waals surface area contributed by atoms with Gasteiger partial charge in [0.25, 0.3) is 11.8 Å². The number of amidine groups is 1. The van der Waals surface area contributed by atoms with E-state index in [4.69, 9.17) is 9.47 Å². The number of ether oxygens (including phenoxy) is 2. The Morgan fingerprint density at radius 2 is 1.98 bits per heavy atom. The van der Waals surface area contributed by atoms with Crippen molar-refractivity contribution in [3.63, 3.8) is 0 Å². The molecule has 0 saturated heterocycles. The van der Waals surface area contributed by atoms with E-state index in [0.29, 0.717) is 30.9 Å². The number of likely N-dealkylation sites (N-methyl/N-ethyl adjacent to an activating group) is 1. The molecule has 6 rings (SSSR count). The van der Waals surface area contributed by atoms with Crippen LogP contribution in [-0.4, -0.2) is 55.1 Å². The first-order valence-corrected chi connectivity index (χ1v) is 13.9. The van der Waals surface area contributed by atoms with Gasteiger partial charge in [0, 0.05) is 37.0 Å². The fraction of sp³-hybridized carbons (Fsp3) is 0.212. The number of amides is 2. The molecule has 43 heavy (non-hydrogen) atoms. The van der Waals surface area contributed by atoms with Gasteiger partial charge >= 0.3 is 0 Å². The molecule has 3 heterocycles. The third-order valence-electron chi connectivity index (χ3n) is 6.98. The van der Waals surface area contributed by atoms with Gasteiger partial charge < -0.3 is 19.7 Å². The lowest BCUT2D eigenvalue weighted by Gasteiger charge is -2.20. The average Bonchev–Trinajstić information content (AvgIpc) is 3.47. The Morgan fingerprint density at radius 1 is 1.09 bits per heavy atom. The zero-order valence-corrected chi connectivity index (χ0v) is 23.4. The summed E-state index contributed by atoms with van der Waals surface area (Å²) >= 11 is 0. The highest BCUT2D eigenvalue weighted by Gasteiger charge is 2.32. The minimum Gasteiger partial charge on any atom is -0.493 e. The lowest BCUT2D eigenvalue weighted by atomic mass is 10.1.